The Balaban J connectivity index is 1.78. The van der Waals surface area contributed by atoms with E-state index in [1.54, 1.807) is 12.1 Å². The average molecular weight is 482 g/mol. The Bertz CT molecular complexity index is 842. The molecule has 0 unspecified atom stereocenters. The Kier molecular flexibility index (Phi) is 7.34. The first-order valence-corrected chi connectivity index (χ1v) is 9.32. The Morgan fingerprint density at radius 1 is 1.04 bits per heavy atom. The number of rotatable bonds is 4. The number of hydrogen-bond donors (Lipinski definition) is 4. The lowest BCUT2D eigenvalue weighted by Gasteiger charge is -2.14. The van der Waals surface area contributed by atoms with Crippen LogP contribution in [-0.2, 0) is 4.79 Å². The molecule has 0 saturated heterocycles. The predicted molar refractivity (Wildman–Crippen MR) is 115 cm³/mol. The minimum absolute atomic E-state index is 0.164. The molecule has 0 aliphatic heterocycles. The summed E-state index contributed by atoms with van der Waals surface area (Å²) in [6.45, 7) is 3.83. The largest absolute Gasteiger partial charge is 0.343 e. The summed E-state index contributed by atoms with van der Waals surface area (Å²) in [5.41, 5.74) is 8.68. The van der Waals surface area contributed by atoms with Crippen molar-refractivity contribution < 1.29 is 9.59 Å². The van der Waals surface area contributed by atoms with Gasteiger partial charge in [0.25, 0.3) is 11.8 Å². The Labute approximate surface area is 171 Å². The molecule has 26 heavy (non-hydrogen) atoms. The van der Waals surface area contributed by atoms with Crippen LogP contribution in [0, 0.1) is 17.4 Å². The second kappa shape index (κ2) is 9.48. The number of benzene rings is 2. The first kappa shape index (κ1) is 20.1. The van der Waals surface area contributed by atoms with Gasteiger partial charge < -0.3 is 10.6 Å². The van der Waals surface area contributed by atoms with E-state index in [1.165, 1.54) is 0 Å². The zero-order valence-electron chi connectivity index (χ0n) is 14.4. The van der Waals surface area contributed by atoms with E-state index in [4.69, 9.17) is 12.2 Å². The van der Waals surface area contributed by atoms with Crippen molar-refractivity contribution in [1.29, 1.82) is 0 Å². The highest BCUT2D eigenvalue weighted by molar-refractivity contribution is 14.1. The predicted octanol–water partition coefficient (Wildman–Crippen LogP) is 2.66. The lowest BCUT2D eigenvalue weighted by molar-refractivity contribution is -0.120. The van der Waals surface area contributed by atoms with Crippen molar-refractivity contribution in [2.45, 2.75) is 13.8 Å². The molecule has 4 N–H and O–H groups in total. The van der Waals surface area contributed by atoms with E-state index in [9.17, 15) is 9.59 Å². The van der Waals surface area contributed by atoms with E-state index >= 15 is 0 Å². The van der Waals surface area contributed by atoms with E-state index in [0.717, 1.165) is 20.4 Å². The Morgan fingerprint density at radius 2 is 1.77 bits per heavy atom. The topological polar surface area (TPSA) is 82.3 Å². The molecule has 2 aromatic carbocycles. The molecule has 0 aliphatic rings. The number of carbonyl (C=O) groups is 2. The molecule has 2 aromatic rings. The van der Waals surface area contributed by atoms with Crippen LogP contribution < -0.4 is 21.5 Å². The molecule has 0 atom stereocenters. The molecule has 0 fully saturated rings. The van der Waals surface area contributed by atoms with E-state index in [1.807, 2.05) is 44.2 Å². The molecule has 0 aromatic heterocycles. The van der Waals surface area contributed by atoms with Gasteiger partial charge >= 0.3 is 0 Å². The summed E-state index contributed by atoms with van der Waals surface area (Å²) in [6, 6.07) is 13.0. The highest BCUT2D eigenvalue weighted by Crippen LogP contribution is 2.17. The quantitative estimate of drug-likeness (QED) is 0.306. The van der Waals surface area contributed by atoms with E-state index in [0.29, 0.717) is 5.56 Å². The number of anilines is 1. The van der Waals surface area contributed by atoms with Crippen LogP contribution in [0.2, 0.25) is 0 Å². The number of hydrazine groups is 1. The third-order valence-electron chi connectivity index (χ3n) is 3.70. The Morgan fingerprint density at radius 3 is 2.50 bits per heavy atom. The van der Waals surface area contributed by atoms with Crippen molar-refractivity contribution in [3.05, 3.63) is 62.7 Å². The summed E-state index contributed by atoms with van der Waals surface area (Å²) in [4.78, 5) is 23.9. The fourth-order valence-electron chi connectivity index (χ4n) is 2.11. The summed E-state index contributed by atoms with van der Waals surface area (Å²) in [7, 11) is 0. The lowest BCUT2D eigenvalue weighted by atomic mass is 10.1. The van der Waals surface area contributed by atoms with Crippen LogP contribution in [0.1, 0.15) is 21.5 Å². The fourth-order valence-corrected chi connectivity index (χ4v) is 2.91. The van der Waals surface area contributed by atoms with Gasteiger partial charge in [0, 0.05) is 9.26 Å². The van der Waals surface area contributed by atoms with Crippen LogP contribution >= 0.6 is 34.8 Å². The van der Waals surface area contributed by atoms with Crippen LogP contribution in [-0.4, -0.2) is 23.5 Å². The number of thiocarbonyl (C=S) groups is 1. The molecule has 6 nitrogen and oxygen atoms in total. The van der Waals surface area contributed by atoms with Crippen LogP contribution in [0.4, 0.5) is 5.69 Å². The van der Waals surface area contributed by atoms with Gasteiger partial charge in [-0.25, -0.2) is 0 Å². The second-order valence-corrected chi connectivity index (χ2v) is 7.11. The van der Waals surface area contributed by atoms with Gasteiger partial charge in [-0.15, -0.1) is 0 Å². The number of halogens is 1. The highest BCUT2D eigenvalue weighted by atomic mass is 127. The number of nitrogens with one attached hydrogen (secondary N) is 4. The van der Waals surface area contributed by atoms with Gasteiger partial charge in [-0.2, -0.15) is 0 Å². The first-order chi connectivity index (χ1) is 12.4. The third-order valence-corrected chi connectivity index (χ3v) is 4.84. The second-order valence-electron chi connectivity index (χ2n) is 5.54. The maximum absolute atomic E-state index is 12.1. The smallest absolute Gasteiger partial charge is 0.257 e. The molecule has 0 bridgehead atoms. The number of hydrogen-bond acceptors (Lipinski definition) is 3. The van der Waals surface area contributed by atoms with E-state index in [-0.39, 0.29) is 17.6 Å². The maximum Gasteiger partial charge on any atom is 0.257 e. The average Bonchev–Trinajstić information content (AvgIpc) is 2.62. The summed E-state index contributed by atoms with van der Waals surface area (Å²) >= 11 is 7.24. The van der Waals surface area contributed by atoms with Crippen molar-refractivity contribution in [3.8, 4) is 0 Å². The minimum Gasteiger partial charge on any atom is -0.343 e. The summed E-state index contributed by atoms with van der Waals surface area (Å²) in [5, 5.41) is 5.85. The molecule has 0 radical (unpaired) electrons. The van der Waals surface area contributed by atoms with Crippen LogP contribution in [0.25, 0.3) is 0 Å². The molecule has 0 heterocycles. The standard InChI is InChI=1S/C18H19IN4O2S/c1-11-6-5-9-15(12(11)2)21-18(26)23-22-16(24)10-20-17(25)13-7-3-4-8-14(13)19/h3-9H,10H2,1-2H3,(H,20,25)(H,22,24)(H2,21,23,26). The minimum atomic E-state index is -0.408. The van der Waals surface area contributed by atoms with Crippen molar-refractivity contribution in [1.82, 2.24) is 16.2 Å². The SMILES string of the molecule is Cc1cccc(NC(=S)NNC(=O)CNC(=O)c2ccccc2I)c1C. The van der Waals surface area contributed by atoms with Crippen LogP contribution in [0.15, 0.2) is 42.5 Å². The first-order valence-electron chi connectivity index (χ1n) is 7.83. The summed E-state index contributed by atoms with van der Waals surface area (Å²) < 4.78 is 0.819. The van der Waals surface area contributed by atoms with Gasteiger partial charge in [-0.05, 0) is 78.0 Å². The van der Waals surface area contributed by atoms with Gasteiger partial charge in [0.15, 0.2) is 5.11 Å². The van der Waals surface area contributed by atoms with Gasteiger partial charge in [0.1, 0.15) is 0 Å². The number of amides is 2. The van der Waals surface area contributed by atoms with Crippen LogP contribution in [0.3, 0.4) is 0 Å². The van der Waals surface area contributed by atoms with Gasteiger partial charge in [-0.1, -0.05) is 24.3 Å². The molecule has 136 valence electrons. The van der Waals surface area contributed by atoms with Crippen molar-refractivity contribution >= 4 is 57.4 Å². The highest BCUT2D eigenvalue weighted by Gasteiger charge is 2.11. The van der Waals surface area contributed by atoms with Gasteiger partial charge in [0.05, 0.1) is 12.1 Å². The van der Waals surface area contributed by atoms with Gasteiger partial charge in [-0.3, -0.25) is 20.4 Å². The van der Waals surface area contributed by atoms with Crippen LogP contribution in [0.5, 0.6) is 0 Å². The zero-order chi connectivity index (χ0) is 19.1. The summed E-state index contributed by atoms with van der Waals surface area (Å²) in [6.07, 6.45) is 0. The molecular formula is C18H19IN4O2S. The summed E-state index contributed by atoms with van der Waals surface area (Å²) in [5.74, 6) is -0.712. The molecule has 0 saturated carbocycles. The fraction of sp³-hybridized carbons (Fsp3) is 0.167. The molecule has 0 aliphatic carbocycles. The monoisotopic (exact) mass is 482 g/mol. The molecule has 0 spiro atoms. The number of aryl methyl sites for hydroxylation is 1. The zero-order valence-corrected chi connectivity index (χ0v) is 17.3. The normalized spacial score (nSPS) is 9.96. The van der Waals surface area contributed by atoms with E-state index in [2.05, 4.69) is 44.1 Å². The number of carbonyl (C=O) groups excluding carboxylic acids is 2. The lowest BCUT2D eigenvalue weighted by Crippen LogP contribution is -2.47. The van der Waals surface area contributed by atoms with Gasteiger partial charge in [0.2, 0.25) is 0 Å². The third kappa shape index (κ3) is 5.67. The molecule has 2 rings (SSSR count). The molecule has 2 amide bonds. The maximum atomic E-state index is 12.1. The molecular weight excluding hydrogens is 463 g/mol. The molecule has 8 heteroatoms. The van der Waals surface area contributed by atoms with Crippen molar-refractivity contribution in [2.75, 3.05) is 11.9 Å². The Hall–Kier alpha value is -2.20. The van der Waals surface area contributed by atoms with Crippen molar-refractivity contribution in [2.24, 2.45) is 0 Å². The van der Waals surface area contributed by atoms with Crippen molar-refractivity contribution in [3.63, 3.8) is 0 Å². The van der Waals surface area contributed by atoms with E-state index < -0.39 is 5.91 Å².